The molecule has 0 aliphatic carbocycles. The molecule has 1 amide bonds. The normalized spacial score (nSPS) is 10.4. The van der Waals surface area contributed by atoms with E-state index in [1.165, 1.54) is 30.5 Å². The van der Waals surface area contributed by atoms with Crippen LogP contribution in [0.25, 0.3) is 0 Å². The van der Waals surface area contributed by atoms with Gasteiger partial charge in [0.05, 0.1) is 23.3 Å². The lowest BCUT2D eigenvalue weighted by Crippen LogP contribution is -2.15. The van der Waals surface area contributed by atoms with Crippen LogP contribution in [0.15, 0.2) is 54.7 Å². The second-order valence-corrected chi connectivity index (χ2v) is 5.78. The first-order valence-electron chi connectivity index (χ1n) is 7.59. The van der Waals surface area contributed by atoms with Crippen LogP contribution in [0.2, 0.25) is 5.02 Å². The molecule has 0 fully saturated rings. The number of hydrogen-bond donors (Lipinski definition) is 2. The van der Waals surface area contributed by atoms with Gasteiger partial charge in [0, 0.05) is 11.8 Å². The molecule has 0 aliphatic rings. The zero-order valence-corrected chi connectivity index (χ0v) is 14.1. The number of rotatable bonds is 5. The SMILES string of the molecule is O=C(Cc1cccc(F)c1Cl)Nc1cnnc(Nc2cccc(F)c2)c1. The molecular formula is C18H13ClF2N4O. The van der Waals surface area contributed by atoms with E-state index in [4.69, 9.17) is 11.6 Å². The van der Waals surface area contributed by atoms with Crippen molar-refractivity contribution >= 4 is 34.7 Å². The minimum atomic E-state index is -0.580. The number of halogens is 3. The van der Waals surface area contributed by atoms with E-state index in [1.807, 2.05) is 0 Å². The highest BCUT2D eigenvalue weighted by molar-refractivity contribution is 6.31. The highest BCUT2D eigenvalue weighted by Crippen LogP contribution is 2.21. The van der Waals surface area contributed by atoms with Crippen LogP contribution in [0.4, 0.5) is 26.0 Å². The molecule has 26 heavy (non-hydrogen) atoms. The molecule has 8 heteroatoms. The Bertz CT molecular complexity index is 952. The summed E-state index contributed by atoms with van der Waals surface area (Å²) in [5, 5.41) is 13.1. The molecule has 1 aromatic heterocycles. The minimum Gasteiger partial charge on any atom is -0.339 e. The van der Waals surface area contributed by atoms with Crippen molar-refractivity contribution in [1.29, 1.82) is 0 Å². The van der Waals surface area contributed by atoms with Crippen LogP contribution >= 0.6 is 11.6 Å². The maximum atomic E-state index is 13.4. The summed E-state index contributed by atoms with van der Waals surface area (Å²) in [6.45, 7) is 0. The Morgan fingerprint density at radius 3 is 2.69 bits per heavy atom. The van der Waals surface area contributed by atoms with Crippen molar-refractivity contribution in [3.8, 4) is 0 Å². The standard InChI is InChI=1S/C18H13ClF2N4O/c19-18-11(3-1-6-15(18)21)7-17(26)24-14-9-16(25-22-10-14)23-13-5-2-4-12(20)8-13/h1-6,8-10H,7H2,(H2,23,24,25,26). The molecular weight excluding hydrogens is 362 g/mol. The number of anilines is 3. The molecule has 0 spiro atoms. The molecule has 5 nitrogen and oxygen atoms in total. The fraction of sp³-hybridized carbons (Fsp3) is 0.0556. The molecule has 0 bridgehead atoms. The van der Waals surface area contributed by atoms with Gasteiger partial charge in [0.25, 0.3) is 0 Å². The zero-order chi connectivity index (χ0) is 18.5. The molecule has 3 rings (SSSR count). The first-order valence-corrected chi connectivity index (χ1v) is 7.97. The van der Waals surface area contributed by atoms with Gasteiger partial charge >= 0.3 is 0 Å². The lowest BCUT2D eigenvalue weighted by atomic mass is 10.1. The van der Waals surface area contributed by atoms with Crippen LogP contribution in [0.5, 0.6) is 0 Å². The molecule has 132 valence electrons. The molecule has 0 unspecified atom stereocenters. The topological polar surface area (TPSA) is 66.9 Å². The van der Waals surface area contributed by atoms with Crippen LogP contribution in [0, 0.1) is 11.6 Å². The molecule has 2 N–H and O–H groups in total. The summed E-state index contributed by atoms with van der Waals surface area (Å²) in [4.78, 5) is 12.1. The van der Waals surface area contributed by atoms with Gasteiger partial charge in [-0.25, -0.2) is 8.78 Å². The van der Waals surface area contributed by atoms with E-state index in [0.29, 0.717) is 22.8 Å². The van der Waals surface area contributed by atoms with Gasteiger partial charge in [0.15, 0.2) is 5.82 Å². The van der Waals surface area contributed by atoms with Gasteiger partial charge < -0.3 is 10.6 Å². The third-order valence-corrected chi connectivity index (χ3v) is 3.84. The fourth-order valence-electron chi connectivity index (χ4n) is 2.27. The van der Waals surface area contributed by atoms with Crippen LogP contribution in [-0.2, 0) is 11.2 Å². The maximum absolute atomic E-state index is 13.4. The molecule has 0 saturated heterocycles. The first kappa shape index (κ1) is 17.8. The number of amides is 1. The van der Waals surface area contributed by atoms with Gasteiger partial charge in [0.1, 0.15) is 11.6 Å². The van der Waals surface area contributed by atoms with E-state index in [1.54, 1.807) is 24.3 Å². The van der Waals surface area contributed by atoms with E-state index in [2.05, 4.69) is 20.8 Å². The van der Waals surface area contributed by atoms with Crippen LogP contribution < -0.4 is 10.6 Å². The van der Waals surface area contributed by atoms with E-state index in [9.17, 15) is 13.6 Å². The highest BCUT2D eigenvalue weighted by atomic mass is 35.5. The Labute approximate surface area is 153 Å². The van der Waals surface area contributed by atoms with Gasteiger partial charge in [-0.05, 0) is 29.8 Å². The van der Waals surface area contributed by atoms with Gasteiger partial charge in [-0.1, -0.05) is 29.8 Å². The van der Waals surface area contributed by atoms with E-state index < -0.39 is 5.82 Å². The van der Waals surface area contributed by atoms with Crippen LogP contribution in [0.1, 0.15) is 5.56 Å². The van der Waals surface area contributed by atoms with Crippen molar-refractivity contribution in [2.24, 2.45) is 0 Å². The zero-order valence-electron chi connectivity index (χ0n) is 13.3. The summed E-state index contributed by atoms with van der Waals surface area (Å²) < 4.78 is 26.6. The second kappa shape index (κ2) is 7.88. The lowest BCUT2D eigenvalue weighted by molar-refractivity contribution is -0.115. The Kier molecular flexibility index (Phi) is 5.38. The van der Waals surface area contributed by atoms with Crippen molar-refractivity contribution in [2.75, 3.05) is 10.6 Å². The fourth-order valence-corrected chi connectivity index (χ4v) is 2.47. The Morgan fingerprint density at radius 1 is 1.08 bits per heavy atom. The monoisotopic (exact) mass is 374 g/mol. The lowest BCUT2D eigenvalue weighted by Gasteiger charge is -2.09. The second-order valence-electron chi connectivity index (χ2n) is 5.40. The predicted octanol–water partition coefficient (Wildman–Crippen LogP) is 4.33. The number of aromatic nitrogens is 2. The summed E-state index contributed by atoms with van der Waals surface area (Å²) in [7, 11) is 0. The summed E-state index contributed by atoms with van der Waals surface area (Å²) >= 11 is 5.85. The molecule has 0 atom stereocenters. The van der Waals surface area contributed by atoms with Gasteiger partial charge in [-0.2, -0.15) is 5.10 Å². The average Bonchev–Trinajstić information content (AvgIpc) is 2.59. The molecule has 3 aromatic rings. The van der Waals surface area contributed by atoms with Gasteiger partial charge in [0.2, 0.25) is 5.91 Å². The van der Waals surface area contributed by atoms with Crippen molar-refractivity contribution < 1.29 is 13.6 Å². The summed E-state index contributed by atoms with van der Waals surface area (Å²) in [5.74, 6) is -1.03. The average molecular weight is 375 g/mol. The Balaban J connectivity index is 1.68. The summed E-state index contributed by atoms with van der Waals surface area (Å²) in [6.07, 6.45) is 1.27. The van der Waals surface area contributed by atoms with Crippen molar-refractivity contribution in [3.63, 3.8) is 0 Å². The first-order chi connectivity index (χ1) is 12.5. The third kappa shape index (κ3) is 4.52. The third-order valence-electron chi connectivity index (χ3n) is 3.42. The number of nitrogens with one attached hydrogen (secondary N) is 2. The van der Waals surface area contributed by atoms with E-state index in [0.717, 1.165) is 0 Å². The molecule has 1 heterocycles. The molecule has 2 aromatic carbocycles. The van der Waals surface area contributed by atoms with Crippen molar-refractivity contribution in [3.05, 3.63) is 76.9 Å². The number of hydrogen-bond acceptors (Lipinski definition) is 4. The van der Waals surface area contributed by atoms with E-state index in [-0.39, 0.29) is 23.2 Å². The Hall–Kier alpha value is -3.06. The smallest absolute Gasteiger partial charge is 0.228 e. The molecule has 0 aliphatic heterocycles. The summed E-state index contributed by atoms with van der Waals surface area (Å²) in [6, 6.07) is 11.7. The number of benzene rings is 2. The molecule has 0 radical (unpaired) electrons. The number of carbonyl (C=O) groups excluding carboxylic acids is 1. The van der Waals surface area contributed by atoms with Crippen LogP contribution in [0.3, 0.4) is 0 Å². The van der Waals surface area contributed by atoms with Gasteiger partial charge in [-0.3, -0.25) is 4.79 Å². The van der Waals surface area contributed by atoms with Crippen molar-refractivity contribution in [2.45, 2.75) is 6.42 Å². The number of carbonyl (C=O) groups is 1. The summed E-state index contributed by atoms with van der Waals surface area (Å²) in [5.41, 5.74) is 1.26. The van der Waals surface area contributed by atoms with E-state index >= 15 is 0 Å². The Morgan fingerprint density at radius 2 is 1.88 bits per heavy atom. The minimum absolute atomic E-state index is 0.0797. The van der Waals surface area contributed by atoms with Crippen molar-refractivity contribution in [1.82, 2.24) is 10.2 Å². The quantitative estimate of drug-likeness (QED) is 0.697. The predicted molar refractivity (Wildman–Crippen MR) is 95.5 cm³/mol. The molecule has 0 saturated carbocycles. The largest absolute Gasteiger partial charge is 0.339 e. The highest BCUT2D eigenvalue weighted by Gasteiger charge is 2.11. The van der Waals surface area contributed by atoms with Crippen LogP contribution in [-0.4, -0.2) is 16.1 Å². The number of nitrogens with zero attached hydrogens (tertiary/aromatic N) is 2. The van der Waals surface area contributed by atoms with Gasteiger partial charge in [-0.15, -0.1) is 5.10 Å². The maximum Gasteiger partial charge on any atom is 0.228 e.